The topological polar surface area (TPSA) is 106 Å². The van der Waals surface area contributed by atoms with E-state index in [0.717, 1.165) is 42.7 Å². The molecule has 0 radical (unpaired) electrons. The number of nitrogens with zero attached hydrogens (tertiary/aromatic N) is 5. The molecule has 1 amide bonds. The number of anilines is 2. The number of hydrogen-bond donors (Lipinski definition) is 2. The smallest absolute Gasteiger partial charge is 0.411 e. The minimum absolute atomic E-state index is 0.0868. The molecule has 0 aliphatic carbocycles. The van der Waals surface area contributed by atoms with Crippen LogP contribution < -0.4 is 15.4 Å². The summed E-state index contributed by atoms with van der Waals surface area (Å²) in [5, 5.41) is 10.8. The number of piperidine rings is 1. The summed E-state index contributed by atoms with van der Waals surface area (Å²) in [5.41, 5.74) is 3.33. The second-order valence-electron chi connectivity index (χ2n) is 10.1. The Kier molecular flexibility index (Phi) is 8.25. The molecule has 3 aromatic rings. The maximum absolute atomic E-state index is 12.2. The molecule has 0 saturated carbocycles. The van der Waals surface area contributed by atoms with Crippen LogP contribution in [0.3, 0.4) is 0 Å². The van der Waals surface area contributed by atoms with Crippen molar-refractivity contribution >= 4 is 23.4 Å². The Hall–Kier alpha value is -3.40. The molecule has 0 unspecified atom stereocenters. The minimum atomic E-state index is -0.469. The van der Waals surface area contributed by atoms with Gasteiger partial charge in [-0.3, -0.25) is 5.32 Å². The van der Waals surface area contributed by atoms with Crippen molar-refractivity contribution in [3.63, 3.8) is 0 Å². The van der Waals surface area contributed by atoms with E-state index in [4.69, 9.17) is 14.5 Å². The van der Waals surface area contributed by atoms with Crippen LogP contribution in [0.2, 0.25) is 0 Å². The summed E-state index contributed by atoms with van der Waals surface area (Å²) in [4.78, 5) is 23.9. The Balaban J connectivity index is 1.55. The lowest BCUT2D eigenvalue weighted by Crippen LogP contribution is -2.36. The fourth-order valence-electron chi connectivity index (χ4n) is 4.06. The fraction of sp³-hybridized carbons (Fsp3) is 0.538. The van der Waals surface area contributed by atoms with E-state index in [2.05, 4.69) is 46.5 Å². The quantitative estimate of drug-likeness (QED) is 0.446. The van der Waals surface area contributed by atoms with E-state index in [-0.39, 0.29) is 17.9 Å². The summed E-state index contributed by atoms with van der Waals surface area (Å²) in [6, 6.07) is 7.95. The average Bonchev–Trinajstić information content (AvgIpc) is 3.28. The Morgan fingerprint density at radius 3 is 2.61 bits per heavy atom. The number of likely N-dealkylation sites (tertiary alicyclic amines) is 1. The number of hydrogen-bond acceptors (Lipinski definition) is 8. The third-order valence-electron chi connectivity index (χ3n) is 6.17. The van der Waals surface area contributed by atoms with Crippen LogP contribution in [0.15, 0.2) is 30.5 Å². The van der Waals surface area contributed by atoms with E-state index in [9.17, 15) is 4.79 Å². The third-order valence-corrected chi connectivity index (χ3v) is 6.17. The Bertz CT molecular complexity index is 1170. The molecule has 0 atom stereocenters. The molecule has 1 saturated heterocycles. The zero-order chi connectivity index (χ0) is 25.7. The molecule has 2 N–H and O–H groups in total. The van der Waals surface area contributed by atoms with Gasteiger partial charge < -0.3 is 19.7 Å². The van der Waals surface area contributed by atoms with Gasteiger partial charge in [0.15, 0.2) is 5.65 Å². The summed E-state index contributed by atoms with van der Waals surface area (Å²) >= 11 is 0. The lowest BCUT2D eigenvalue weighted by Gasteiger charge is -2.28. The SMILES string of the molecule is CC(C)COC(=O)Nc1ccccc1CNc1nc(OC2CCN(C)CC2)nc2c(C(C)C)cnn12. The van der Waals surface area contributed by atoms with Crippen molar-refractivity contribution in [1.29, 1.82) is 0 Å². The van der Waals surface area contributed by atoms with Gasteiger partial charge in [0.25, 0.3) is 0 Å². The number of benzene rings is 1. The first-order chi connectivity index (χ1) is 17.3. The van der Waals surface area contributed by atoms with Crippen molar-refractivity contribution in [3.05, 3.63) is 41.6 Å². The maximum Gasteiger partial charge on any atom is 0.411 e. The van der Waals surface area contributed by atoms with Gasteiger partial charge in [0, 0.05) is 30.9 Å². The van der Waals surface area contributed by atoms with Crippen LogP contribution in [0.1, 0.15) is 57.6 Å². The van der Waals surface area contributed by atoms with Gasteiger partial charge in [-0.25, -0.2) is 4.79 Å². The van der Waals surface area contributed by atoms with Gasteiger partial charge >= 0.3 is 12.1 Å². The van der Waals surface area contributed by atoms with Crippen molar-refractivity contribution in [2.24, 2.45) is 5.92 Å². The van der Waals surface area contributed by atoms with Gasteiger partial charge in [0.05, 0.1) is 12.8 Å². The lowest BCUT2D eigenvalue weighted by molar-refractivity contribution is 0.105. The first-order valence-electron chi connectivity index (χ1n) is 12.7. The average molecular weight is 496 g/mol. The highest BCUT2D eigenvalue weighted by molar-refractivity contribution is 5.85. The molecule has 3 heterocycles. The number of nitrogens with one attached hydrogen (secondary N) is 2. The van der Waals surface area contributed by atoms with E-state index < -0.39 is 6.09 Å². The standard InChI is InChI=1S/C26H37N7O3/c1-17(2)16-35-26(34)29-22-9-7-6-8-19(22)14-27-24-31-25(36-20-10-12-32(5)13-11-20)30-23-21(18(3)4)15-28-33(23)24/h6-9,15,17-18,20H,10-14,16H2,1-5H3,(H,29,34)(H,27,30,31). The number of carbonyl (C=O) groups excluding carboxylic acids is 1. The zero-order valence-electron chi connectivity index (χ0n) is 21.8. The molecule has 194 valence electrons. The van der Waals surface area contributed by atoms with Gasteiger partial charge in [0.1, 0.15) is 6.10 Å². The van der Waals surface area contributed by atoms with Crippen LogP contribution in [0.25, 0.3) is 5.65 Å². The summed E-state index contributed by atoms with van der Waals surface area (Å²) in [6.07, 6.45) is 3.33. The first-order valence-corrected chi connectivity index (χ1v) is 12.7. The second-order valence-corrected chi connectivity index (χ2v) is 10.1. The number of carbonyl (C=O) groups is 1. The van der Waals surface area contributed by atoms with Crippen molar-refractivity contribution in [1.82, 2.24) is 24.5 Å². The van der Waals surface area contributed by atoms with Crippen LogP contribution in [-0.2, 0) is 11.3 Å². The monoisotopic (exact) mass is 495 g/mol. The van der Waals surface area contributed by atoms with Crippen LogP contribution in [0.5, 0.6) is 6.01 Å². The Labute approximate surface area is 212 Å². The Morgan fingerprint density at radius 1 is 1.14 bits per heavy atom. The molecule has 2 aromatic heterocycles. The fourth-order valence-corrected chi connectivity index (χ4v) is 4.06. The minimum Gasteiger partial charge on any atom is -0.460 e. The molecule has 4 rings (SSSR count). The molecule has 1 aliphatic heterocycles. The maximum atomic E-state index is 12.2. The van der Waals surface area contributed by atoms with Gasteiger partial charge in [0.2, 0.25) is 5.95 Å². The molecular formula is C26H37N7O3. The van der Waals surface area contributed by atoms with Gasteiger partial charge in [-0.1, -0.05) is 45.9 Å². The molecule has 0 spiro atoms. The molecule has 10 nitrogen and oxygen atoms in total. The highest BCUT2D eigenvalue weighted by Crippen LogP contribution is 2.25. The molecule has 1 aliphatic rings. The number of rotatable bonds is 9. The first kappa shape index (κ1) is 25.7. The molecule has 10 heteroatoms. The Morgan fingerprint density at radius 2 is 1.89 bits per heavy atom. The molecule has 0 bridgehead atoms. The van der Waals surface area contributed by atoms with Gasteiger partial charge in [-0.2, -0.15) is 19.6 Å². The van der Waals surface area contributed by atoms with Crippen molar-refractivity contribution in [2.75, 3.05) is 37.4 Å². The lowest BCUT2D eigenvalue weighted by atomic mass is 10.1. The number of amides is 1. The highest BCUT2D eigenvalue weighted by atomic mass is 16.5. The van der Waals surface area contributed by atoms with Crippen LogP contribution in [0, 0.1) is 5.92 Å². The molecule has 36 heavy (non-hydrogen) atoms. The summed E-state index contributed by atoms with van der Waals surface area (Å²) in [7, 11) is 2.12. The van der Waals surface area contributed by atoms with E-state index in [1.54, 1.807) is 4.52 Å². The van der Waals surface area contributed by atoms with Crippen LogP contribution in [0.4, 0.5) is 16.4 Å². The van der Waals surface area contributed by atoms with E-state index in [0.29, 0.717) is 30.8 Å². The number of ether oxygens (including phenoxy) is 2. The van der Waals surface area contributed by atoms with Gasteiger partial charge in [-0.05, 0) is 43.4 Å². The second kappa shape index (κ2) is 11.6. The summed E-state index contributed by atoms with van der Waals surface area (Å²) in [6.45, 7) is 11.0. The van der Waals surface area contributed by atoms with E-state index >= 15 is 0 Å². The third kappa shape index (κ3) is 6.42. The van der Waals surface area contributed by atoms with Gasteiger partial charge in [-0.15, -0.1) is 0 Å². The predicted molar refractivity (Wildman–Crippen MR) is 140 cm³/mol. The van der Waals surface area contributed by atoms with Crippen molar-refractivity contribution in [3.8, 4) is 6.01 Å². The zero-order valence-corrected chi connectivity index (χ0v) is 21.8. The normalized spacial score (nSPS) is 15.0. The van der Waals surface area contributed by atoms with E-state index in [1.165, 1.54) is 0 Å². The largest absolute Gasteiger partial charge is 0.460 e. The van der Waals surface area contributed by atoms with E-state index in [1.807, 2.05) is 44.3 Å². The predicted octanol–water partition coefficient (Wildman–Crippen LogP) is 4.54. The van der Waals surface area contributed by atoms with Crippen molar-refractivity contribution in [2.45, 2.75) is 59.1 Å². The number of para-hydroxylation sites is 1. The number of aromatic nitrogens is 4. The van der Waals surface area contributed by atoms with Crippen molar-refractivity contribution < 1.29 is 14.3 Å². The molecular weight excluding hydrogens is 458 g/mol. The van der Waals surface area contributed by atoms with Crippen LogP contribution in [-0.4, -0.2) is 63.4 Å². The number of fused-ring (bicyclic) bond motifs is 1. The summed E-state index contributed by atoms with van der Waals surface area (Å²) < 4.78 is 13.2. The summed E-state index contributed by atoms with van der Waals surface area (Å²) in [5.74, 6) is 1.05. The highest BCUT2D eigenvalue weighted by Gasteiger charge is 2.22. The molecule has 1 fully saturated rings. The molecule has 1 aromatic carbocycles. The van der Waals surface area contributed by atoms with Crippen LogP contribution >= 0.6 is 0 Å².